The third-order valence-electron chi connectivity index (χ3n) is 3.99. The maximum absolute atomic E-state index is 12.8. The molecule has 2 aliphatic rings. The van der Waals surface area contributed by atoms with Gasteiger partial charge in [-0.2, -0.15) is 13.2 Å². The molecule has 1 amide bonds. The topological polar surface area (TPSA) is 50.8 Å². The van der Waals surface area contributed by atoms with Crippen molar-refractivity contribution in [2.24, 2.45) is 5.92 Å². The standard InChI is InChI=1S/C15H17F3N2O3/c16-15(17,18)10-2-1-5-20(7-10)8-14(21)19-11-3-4-12-13(6-11)23-9-22-12/h3-4,6,10H,1-2,5,7-9H2,(H,19,21). The van der Waals surface area contributed by atoms with Gasteiger partial charge in [0.15, 0.2) is 11.5 Å². The largest absolute Gasteiger partial charge is 0.454 e. The van der Waals surface area contributed by atoms with E-state index in [0.717, 1.165) is 0 Å². The van der Waals surface area contributed by atoms with Crippen LogP contribution in [0.2, 0.25) is 0 Å². The molecule has 0 saturated carbocycles. The number of rotatable bonds is 3. The second-order valence-corrected chi connectivity index (χ2v) is 5.73. The number of nitrogens with zero attached hydrogens (tertiary/aromatic N) is 1. The van der Waals surface area contributed by atoms with Crippen molar-refractivity contribution >= 4 is 11.6 Å². The maximum atomic E-state index is 12.8. The van der Waals surface area contributed by atoms with E-state index in [1.807, 2.05) is 0 Å². The molecule has 8 heteroatoms. The molecule has 1 aromatic rings. The highest BCUT2D eigenvalue weighted by Crippen LogP contribution is 2.35. The van der Waals surface area contributed by atoms with E-state index < -0.39 is 12.1 Å². The minimum Gasteiger partial charge on any atom is -0.454 e. The van der Waals surface area contributed by atoms with Gasteiger partial charge in [-0.25, -0.2) is 0 Å². The van der Waals surface area contributed by atoms with Crippen molar-refractivity contribution in [1.29, 1.82) is 0 Å². The third-order valence-corrected chi connectivity index (χ3v) is 3.99. The molecule has 0 bridgehead atoms. The molecule has 5 nitrogen and oxygen atoms in total. The van der Waals surface area contributed by atoms with Gasteiger partial charge in [-0.3, -0.25) is 9.69 Å². The Morgan fingerprint density at radius 2 is 2.09 bits per heavy atom. The van der Waals surface area contributed by atoms with E-state index in [2.05, 4.69) is 5.32 Å². The van der Waals surface area contributed by atoms with Crippen LogP contribution in [-0.4, -0.2) is 43.4 Å². The lowest BCUT2D eigenvalue weighted by Gasteiger charge is -2.33. The monoisotopic (exact) mass is 330 g/mol. The smallest absolute Gasteiger partial charge is 0.393 e. The summed E-state index contributed by atoms with van der Waals surface area (Å²) in [7, 11) is 0. The molecule has 2 heterocycles. The highest BCUT2D eigenvalue weighted by molar-refractivity contribution is 5.92. The van der Waals surface area contributed by atoms with Crippen LogP contribution in [-0.2, 0) is 4.79 Å². The van der Waals surface area contributed by atoms with Crippen LogP contribution in [0.3, 0.4) is 0 Å². The molecule has 3 rings (SSSR count). The number of halogens is 3. The Morgan fingerprint density at radius 1 is 1.30 bits per heavy atom. The fraction of sp³-hybridized carbons (Fsp3) is 0.533. The Morgan fingerprint density at radius 3 is 2.87 bits per heavy atom. The Bertz CT molecular complexity index is 592. The van der Waals surface area contributed by atoms with Gasteiger partial charge in [0.05, 0.1) is 12.5 Å². The van der Waals surface area contributed by atoms with Gasteiger partial charge in [0.2, 0.25) is 12.7 Å². The zero-order valence-electron chi connectivity index (χ0n) is 12.4. The molecule has 1 unspecified atom stereocenters. The van der Waals surface area contributed by atoms with Crippen LogP contribution >= 0.6 is 0 Å². The summed E-state index contributed by atoms with van der Waals surface area (Å²) in [6, 6.07) is 4.98. The molecule has 1 atom stereocenters. The fourth-order valence-corrected chi connectivity index (χ4v) is 2.84. The van der Waals surface area contributed by atoms with Crippen molar-refractivity contribution in [2.75, 3.05) is 31.7 Å². The summed E-state index contributed by atoms with van der Waals surface area (Å²) >= 11 is 0. The summed E-state index contributed by atoms with van der Waals surface area (Å²) in [5.74, 6) is -0.550. The van der Waals surface area contributed by atoms with Crippen LogP contribution < -0.4 is 14.8 Å². The van der Waals surface area contributed by atoms with Crippen LogP contribution in [0.5, 0.6) is 11.5 Å². The van der Waals surface area contributed by atoms with Crippen LogP contribution in [0, 0.1) is 5.92 Å². The van der Waals surface area contributed by atoms with Crippen LogP contribution in [0.25, 0.3) is 0 Å². The highest BCUT2D eigenvalue weighted by atomic mass is 19.4. The number of anilines is 1. The van der Waals surface area contributed by atoms with Crippen LogP contribution in [0.1, 0.15) is 12.8 Å². The van der Waals surface area contributed by atoms with Gasteiger partial charge < -0.3 is 14.8 Å². The second-order valence-electron chi connectivity index (χ2n) is 5.73. The van der Waals surface area contributed by atoms with Crippen molar-refractivity contribution in [3.8, 4) is 11.5 Å². The van der Waals surface area contributed by atoms with Gasteiger partial charge in [0, 0.05) is 18.3 Å². The third kappa shape index (κ3) is 3.87. The van der Waals surface area contributed by atoms with Gasteiger partial charge in [-0.15, -0.1) is 0 Å². The van der Waals surface area contributed by atoms with Crippen molar-refractivity contribution in [3.05, 3.63) is 18.2 Å². The number of carbonyl (C=O) groups excluding carboxylic acids is 1. The van der Waals surface area contributed by atoms with E-state index in [0.29, 0.717) is 30.2 Å². The number of likely N-dealkylation sites (tertiary alicyclic amines) is 1. The average Bonchev–Trinajstić information content (AvgIpc) is 2.94. The number of amides is 1. The molecule has 1 saturated heterocycles. The normalized spacial score (nSPS) is 21.3. The Kier molecular flexibility index (Phi) is 4.34. The predicted octanol–water partition coefficient (Wildman–Crippen LogP) is 2.63. The van der Waals surface area contributed by atoms with E-state index in [1.54, 1.807) is 23.1 Å². The summed E-state index contributed by atoms with van der Waals surface area (Å²) in [5, 5.41) is 2.68. The molecule has 0 radical (unpaired) electrons. The SMILES string of the molecule is O=C(CN1CCCC(C(F)(F)F)C1)Nc1ccc2c(c1)OCO2. The number of ether oxygens (including phenoxy) is 2. The zero-order chi connectivity index (χ0) is 16.4. The first-order chi connectivity index (χ1) is 10.9. The van der Waals surface area contributed by atoms with E-state index in [1.165, 1.54) is 0 Å². The molecule has 0 aromatic heterocycles. The minimum atomic E-state index is -4.20. The number of hydrogen-bond donors (Lipinski definition) is 1. The number of nitrogens with one attached hydrogen (secondary N) is 1. The molecule has 126 valence electrons. The molecular weight excluding hydrogens is 313 g/mol. The molecule has 1 fully saturated rings. The predicted molar refractivity (Wildman–Crippen MR) is 76.4 cm³/mol. The quantitative estimate of drug-likeness (QED) is 0.926. The molecule has 0 spiro atoms. The van der Waals surface area contributed by atoms with Crippen LogP contribution in [0.15, 0.2) is 18.2 Å². The average molecular weight is 330 g/mol. The summed E-state index contributed by atoms with van der Waals surface area (Å²) < 4.78 is 48.7. The Balaban J connectivity index is 1.55. The van der Waals surface area contributed by atoms with Gasteiger partial charge in [0.1, 0.15) is 0 Å². The molecule has 0 aliphatic carbocycles. The molecular formula is C15H17F3N2O3. The van der Waals surface area contributed by atoms with E-state index in [4.69, 9.17) is 9.47 Å². The lowest BCUT2D eigenvalue weighted by Crippen LogP contribution is -2.44. The van der Waals surface area contributed by atoms with E-state index >= 15 is 0 Å². The lowest BCUT2D eigenvalue weighted by atomic mass is 9.97. The number of carbonyl (C=O) groups is 1. The van der Waals surface area contributed by atoms with E-state index in [9.17, 15) is 18.0 Å². The fourth-order valence-electron chi connectivity index (χ4n) is 2.84. The number of fused-ring (bicyclic) bond motifs is 1. The lowest BCUT2D eigenvalue weighted by molar-refractivity contribution is -0.186. The van der Waals surface area contributed by atoms with Crippen molar-refractivity contribution in [2.45, 2.75) is 19.0 Å². The van der Waals surface area contributed by atoms with Gasteiger partial charge >= 0.3 is 6.18 Å². The first-order valence-electron chi connectivity index (χ1n) is 7.40. The van der Waals surface area contributed by atoms with Crippen LogP contribution in [0.4, 0.5) is 18.9 Å². The van der Waals surface area contributed by atoms with Crippen molar-refractivity contribution in [1.82, 2.24) is 4.90 Å². The van der Waals surface area contributed by atoms with Crippen molar-refractivity contribution < 1.29 is 27.4 Å². The summed E-state index contributed by atoms with van der Waals surface area (Å²) in [5.41, 5.74) is 0.531. The zero-order valence-corrected chi connectivity index (χ0v) is 12.4. The number of piperidine rings is 1. The molecule has 2 aliphatic heterocycles. The Labute approximate surface area is 131 Å². The summed E-state index contributed by atoms with van der Waals surface area (Å²) in [4.78, 5) is 13.6. The first kappa shape index (κ1) is 15.9. The summed E-state index contributed by atoms with van der Waals surface area (Å²) in [6.45, 7) is 0.458. The second kappa shape index (κ2) is 6.27. The highest BCUT2D eigenvalue weighted by Gasteiger charge is 2.41. The maximum Gasteiger partial charge on any atom is 0.393 e. The number of hydrogen-bond acceptors (Lipinski definition) is 4. The Hall–Kier alpha value is -1.96. The number of alkyl halides is 3. The van der Waals surface area contributed by atoms with Crippen molar-refractivity contribution in [3.63, 3.8) is 0 Å². The molecule has 1 N–H and O–H groups in total. The minimum absolute atomic E-state index is 0.0545. The van der Waals surface area contributed by atoms with Gasteiger partial charge in [-0.1, -0.05) is 0 Å². The van der Waals surface area contributed by atoms with Gasteiger partial charge in [0.25, 0.3) is 0 Å². The van der Waals surface area contributed by atoms with E-state index in [-0.39, 0.29) is 32.2 Å². The first-order valence-corrected chi connectivity index (χ1v) is 7.40. The summed E-state index contributed by atoms with van der Waals surface area (Å²) in [6.07, 6.45) is -3.63. The van der Waals surface area contributed by atoms with Gasteiger partial charge in [-0.05, 0) is 31.5 Å². The number of benzene rings is 1. The molecule has 1 aromatic carbocycles. The molecule has 23 heavy (non-hydrogen) atoms.